The summed E-state index contributed by atoms with van der Waals surface area (Å²) < 4.78 is 28.0. The number of carboxylic acid groups (broad SMARTS) is 1. The highest BCUT2D eigenvalue weighted by atomic mass is 35.5. The molecule has 26 heavy (non-hydrogen) atoms. The Kier molecular flexibility index (Phi) is 5.52. The first-order valence-electron chi connectivity index (χ1n) is 8.18. The molecule has 1 aromatic heterocycles. The van der Waals surface area contributed by atoms with Crippen molar-refractivity contribution in [1.82, 2.24) is 9.78 Å². The summed E-state index contributed by atoms with van der Waals surface area (Å²) in [4.78, 5) is 10.7. The van der Waals surface area contributed by atoms with Crippen LogP contribution in [0.2, 0.25) is 5.02 Å². The van der Waals surface area contributed by atoms with Gasteiger partial charge in [0.05, 0.1) is 17.8 Å². The van der Waals surface area contributed by atoms with Crippen molar-refractivity contribution in [2.24, 2.45) is 0 Å². The standard InChI is InChI=1S/C19H17ClF2N2O2/c20-16-9-14(22)6-5-13(16)11-24-18-8-12(10-21)4-7-15(18)17(23-24)2-1-3-19(25)26/h4-9H,1-3,10-11H2,(H,25,26). The van der Waals surface area contributed by atoms with Gasteiger partial charge in [-0.25, -0.2) is 8.78 Å². The highest BCUT2D eigenvalue weighted by Crippen LogP contribution is 2.25. The van der Waals surface area contributed by atoms with Gasteiger partial charge in [0.2, 0.25) is 0 Å². The van der Waals surface area contributed by atoms with Crippen LogP contribution in [0.3, 0.4) is 0 Å². The molecule has 1 heterocycles. The molecule has 3 aromatic rings. The predicted molar refractivity (Wildman–Crippen MR) is 95.6 cm³/mol. The van der Waals surface area contributed by atoms with E-state index in [4.69, 9.17) is 16.7 Å². The van der Waals surface area contributed by atoms with Gasteiger partial charge in [0.1, 0.15) is 12.5 Å². The SMILES string of the molecule is O=C(O)CCCc1nn(Cc2ccc(F)cc2Cl)c2cc(CF)ccc12. The maximum atomic E-state index is 13.3. The van der Waals surface area contributed by atoms with E-state index in [1.165, 1.54) is 12.1 Å². The molecule has 1 N–H and O–H groups in total. The maximum absolute atomic E-state index is 13.3. The molecular formula is C19H17ClF2N2O2. The lowest BCUT2D eigenvalue weighted by molar-refractivity contribution is -0.137. The molecule has 2 aromatic carbocycles. The maximum Gasteiger partial charge on any atom is 0.303 e. The van der Waals surface area contributed by atoms with E-state index in [0.717, 1.165) is 16.6 Å². The second-order valence-electron chi connectivity index (χ2n) is 6.07. The minimum atomic E-state index is -0.855. The number of nitrogens with zero attached hydrogens (tertiary/aromatic N) is 2. The summed E-state index contributed by atoms with van der Waals surface area (Å²) in [6.45, 7) is -0.281. The zero-order chi connectivity index (χ0) is 18.7. The second-order valence-corrected chi connectivity index (χ2v) is 6.48. The Balaban J connectivity index is 1.98. The predicted octanol–water partition coefficient (Wildman–Crippen LogP) is 4.75. The van der Waals surface area contributed by atoms with Gasteiger partial charge in [-0.15, -0.1) is 0 Å². The molecule has 7 heteroatoms. The number of benzene rings is 2. The third-order valence-corrected chi connectivity index (χ3v) is 4.54. The molecule has 0 aliphatic rings. The van der Waals surface area contributed by atoms with Crippen molar-refractivity contribution in [3.8, 4) is 0 Å². The van der Waals surface area contributed by atoms with E-state index in [1.54, 1.807) is 28.9 Å². The van der Waals surface area contributed by atoms with Gasteiger partial charge in [-0.2, -0.15) is 5.10 Å². The van der Waals surface area contributed by atoms with E-state index in [1.807, 2.05) is 0 Å². The van der Waals surface area contributed by atoms with E-state index in [0.29, 0.717) is 35.5 Å². The smallest absolute Gasteiger partial charge is 0.303 e. The Labute approximate surface area is 154 Å². The lowest BCUT2D eigenvalue weighted by Crippen LogP contribution is -2.04. The minimum Gasteiger partial charge on any atom is -0.481 e. The van der Waals surface area contributed by atoms with Crippen molar-refractivity contribution >= 4 is 28.5 Å². The van der Waals surface area contributed by atoms with E-state index < -0.39 is 18.5 Å². The van der Waals surface area contributed by atoms with Crippen molar-refractivity contribution in [3.05, 3.63) is 64.1 Å². The van der Waals surface area contributed by atoms with Gasteiger partial charge in [-0.3, -0.25) is 9.48 Å². The molecular weight excluding hydrogens is 362 g/mol. The molecule has 0 fully saturated rings. The first-order chi connectivity index (χ1) is 12.5. The average Bonchev–Trinajstić information content (AvgIpc) is 2.94. The van der Waals surface area contributed by atoms with Crippen LogP contribution in [0.4, 0.5) is 8.78 Å². The Morgan fingerprint density at radius 2 is 2.04 bits per heavy atom. The summed E-state index contributed by atoms with van der Waals surface area (Å²) in [6.07, 6.45) is 1.02. The van der Waals surface area contributed by atoms with Crippen LogP contribution in [0, 0.1) is 5.82 Å². The number of alkyl halides is 1. The Morgan fingerprint density at radius 3 is 2.73 bits per heavy atom. The molecule has 0 saturated heterocycles. The number of hydrogen-bond acceptors (Lipinski definition) is 2. The summed E-state index contributed by atoms with van der Waals surface area (Å²) in [5.74, 6) is -1.27. The average molecular weight is 379 g/mol. The molecule has 0 atom stereocenters. The third-order valence-electron chi connectivity index (χ3n) is 4.19. The monoisotopic (exact) mass is 378 g/mol. The zero-order valence-electron chi connectivity index (χ0n) is 13.9. The van der Waals surface area contributed by atoms with Crippen LogP contribution >= 0.6 is 11.6 Å². The molecule has 4 nitrogen and oxygen atoms in total. The summed E-state index contributed by atoms with van der Waals surface area (Å²) in [6, 6.07) is 9.38. The van der Waals surface area contributed by atoms with Crippen molar-refractivity contribution < 1.29 is 18.7 Å². The fourth-order valence-electron chi connectivity index (χ4n) is 2.89. The molecule has 0 spiro atoms. The van der Waals surface area contributed by atoms with Crippen LogP contribution in [-0.2, 0) is 24.4 Å². The first-order valence-corrected chi connectivity index (χ1v) is 8.55. The van der Waals surface area contributed by atoms with Crippen molar-refractivity contribution in [3.63, 3.8) is 0 Å². The molecule has 0 aliphatic heterocycles. The van der Waals surface area contributed by atoms with Gasteiger partial charge in [0.25, 0.3) is 0 Å². The van der Waals surface area contributed by atoms with E-state index in [2.05, 4.69) is 5.10 Å². The van der Waals surface area contributed by atoms with Crippen LogP contribution in [0.1, 0.15) is 29.7 Å². The minimum absolute atomic E-state index is 0.0563. The van der Waals surface area contributed by atoms with Gasteiger partial charge >= 0.3 is 5.97 Å². The summed E-state index contributed by atoms with van der Waals surface area (Å²) >= 11 is 6.11. The first kappa shape index (κ1) is 18.3. The van der Waals surface area contributed by atoms with E-state index >= 15 is 0 Å². The lowest BCUT2D eigenvalue weighted by atomic mass is 10.1. The number of carboxylic acids is 1. The largest absolute Gasteiger partial charge is 0.481 e. The van der Waals surface area contributed by atoms with Gasteiger partial charge < -0.3 is 5.11 Å². The number of hydrogen-bond donors (Lipinski definition) is 1. The molecule has 0 amide bonds. The number of halogens is 3. The Hall–Kier alpha value is -2.47. The van der Waals surface area contributed by atoms with Crippen molar-refractivity contribution in [1.29, 1.82) is 0 Å². The number of fused-ring (bicyclic) bond motifs is 1. The van der Waals surface area contributed by atoms with Crippen LogP contribution in [-0.4, -0.2) is 20.9 Å². The highest BCUT2D eigenvalue weighted by molar-refractivity contribution is 6.31. The number of rotatable bonds is 7. The topological polar surface area (TPSA) is 55.1 Å². The number of aryl methyl sites for hydroxylation is 1. The second kappa shape index (κ2) is 7.83. The number of aromatic nitrogens is 2. The molecule has 0 saturated carbocycles. The molecule has 0 radical (unpaired) electrons. The highest BCUT2D eigenvalue weighted by Gasteiger charge is 2.13. The van der Waals surface area contributed by atoms with E-state index in [-0.39, 0.29) is 6.42 Å². The summed E-state index contributed by atoms with van der Waals surface area (Å²) in [7, 11) is 0. The summed E-state index contributed by atoms with van der Waals surface area (Å²) in [5.41, 5.74) is 2.72. The van der Waals surface area contributed by atoms with Gasteiger partial charge in [-0.05, 0) is 42.2 Å². The van der Waals surface area contributed by atoms with Crippen molar-refractivity contribution in [2.75, 3.05) is 0 Å². The number of aliphatic carboxylic acids is 1. The van der Waals surface area contributed by atoms with Crippen LogP contribution in [0.15, 0.2) is 36.4 Å². The van der Waals surface area contributed by atoms with E-state index in [9.17, 15) is 13.6 Å². The van der Waals surface area contributed by atoms with Crippen LogP contribution in [0.5, 0.6) is 0 Å². The lowest BCUT2D eigenvalue weighted by Gasteiger charge is -2.07. The molecule has 0 unspecified atom stereocenters. The molecule has 0 bridgehead atoms. The Bertz CT molecular complexity index is 956. The molecule has 0 aliphatic carbocycles. The molecule has 136 valence electrons. The van der Waals surface area contributed by atoms with Crippen LogP contribution in [0.25, 0.3) is 10.9 Å². The van der Waals surface area contributed by atoms with Gasteiger partial charge in [-0.1, -0.05) is 29.8 Å². The number of carbonyl (C=O) groups is 1. The molecule has 3 rings (SSSR count). The van der Waals surface area contributed by atoms with Gasteiger partial charge in [0.15, 0.2) is 0 Å². The van der Waals surface area contributed by atoms with Gasteiger partial charge in [0, 0.05) is 16.8 Å². The third kappa shape index (κ3) is 4.02. The quantitative estimate of drug-likeness (QED) is 0.645. The fourth-order valence-corrected chi connectivity index (χ4v) is 3.12. The normalized spacial score (nSPS) is 11.2. The Morgan fingerprint density at radius 1 is 1.23 bits per heavy atom. The zero-order valence-corrected chi connectivity index (χ0v) is 14.6. The van der Waals surface area contributed by atoms with Crippen molar-refractivity contribution in [2.45, 2.75) is 32.5 Å². The fraction of sp³-hybridized carbons (Fsp3) is 0.263. The van der Waals surface area contributed by atoms with Crippen LogP contribution < -0.4 is 0 Å². The summed E-state index contributed by atoms with van der Waals surface area (Å²) in [5, 5.41) is 14.5.